The third-order valence-electron chi connectivity index (χ3n) is 4.03. The molecular weight excluding hydrogens is 272 g/mol. The average molecular weight is 292 g/mol. The summed E-state index contributed by atoms with van der Waals surface area (Å²) in [5.41, 5.74) is 1.71. The van der Waals surface area contributed by atoms with Crippen molar-refractivity contribution < 1.29 is 14.8 Å². The number of hydrogen-bond acceptors (Lipinski definition) is 4. The van der Waals surface area contributed by atoms with E-state index in [1.54, 1.807) is 13.0 Å². The van der Waals surface area contributed by atoms with E-state index in [1.807, 2.05) is 6.07 Å². The van der Waals surface area contributed by atoms with Gasteiger partial charge in [0.1, 0.15) is 0 Å². The topological polar surface area (TPSA) is 83.7 Å². The molecule has 6 heteroatoms. The molecule has 1 heterocycles. The van der Waals surface area contributed by atoms with Crippen molar-refractivity contribution in [2.45, 2.75) is 45.1 Å². The molecule has 6 nitrogen and oxygen atoms in total. The van der Waals surface area contributed by atoms with Gasteiger partial charge < -0.3 is 10.0 Å². The number of aryl methyl sites for hydroxylation is 1. The number of aliphatic carboxylic acids is 1. The Morgan fingerprint density at radius 2 is 2.24 bits per heavy atom. The highest BCUT2D eigenvalue weighted by Gasteiger charge is 2.24. The molecule has 114 valence electrons. The summed E-state index contributed by atoms with van der Waals surface area (Å²) in [6.07, 6.45) is 3.92. The lowest BCUT2D eigenvalue weighted by Crippen LogP contribution is -2.39. The van der Waals surface area contributed by atoms with Gasteiger partial charge >= 0.3 is 5.97 Å². The first kappa shape index (κ1) is 15.3. The number of rotatable bonds is 5. The maximum absolute atomic E-state index is 10.9. The molecule has 1 aliphatic rings. The summed E-state index contributed by atoms with van der Waals surface area (Å²) in [5.74, 6) is -0.777. The minimum atomic E-state index is -0.777. The zero-order valence-corrected chi connectivity index (χ0v) is 12.1. The molecule has 1 fully saturated rings. The summed E-state index contributed by atoms with van der Waals surface area (Å²) in [6.45, 7) is 2.61. The highest BCUT2D eigenvalue weighted by molar-refractivity contribution is 5.67. The molecule has 1 aromatic carbocycles. The predicted molar refractivity (Wildman–Crippen MR) is 79.7 cm³/mol. The third-order valence-corrected chi connectivity index (χ3v) is 4.03. The molecule has 1 atom stereocenters. The van der Waals surface area contributed by atoms with Crippen LogP contribution in [0, 0.1) is 17.0 Å². The first-order valence-corrected chi connectivity index (χ1v) is 7.22. The largest absolute Gasteiger partial charge is 0.481 e. The fraction of sp³-hybridized carbons (Fsp3) is 0.533. The molecular formula is C15H20N2O4. The number of nitro benzene ring substituents is 1. The van der Waals surface area contributed by atoms with Crippen molar-refractivity contribution in [2.75, 3.05) is 11.4 Å². The average Bonchev–Trinajstić information content (AvgIpc) is 2.45. The molecule has 21 heavy (non-hydrogen) atoms. The van der Waals surface area contributed by atoms with Gasteiger partial charge in [-0.2, -0.15) is 0 Å². The van der Waals surface area contributed by atoms with Gasteiger partial charge in [-0.3, -0.25) is 14.9 Å². The standard InChI is InChI=1S/C15H20N2O4/c1-11-10-13(5-7-14(11)17(20)21)16-9-3-2-4-12(16)6-8-15(18)19/h5,7,10,12H,2-4,6,8-9H2,1H3,(H,18,19). The number of carbonyl (C=O) groups is 1. The van der Waals surface area contributed by atoms with E-state index in [-0.39, 0.29) is 23.1 Å². The number of carboxylic acid groups (broad SMARTS) is 1. The Bertz CT molecular complexity index is 544. The molecule has 0 amide bonds. The fourth-order valence-corrected chi connectivity index (χ4v) is 2.95. The van der Waals surface area contributed by atoms with Crippen molar-refractivity contribution in [3.05, 3.63) is 33.9 Å². The van der Waals surface area contributed by atoms with E-state index in [0.29, 0.717) is 12.0 Å². The second kappa shape index (κ2) is 6.56. The van der Waals surface area contributed by atoms with Gasteiger partial charge in [-0.15, -0.1) is 0 Å². The van der Waals surface area contributed by atoms with Crippen LogP contribution < -0.4 is 4.90 Å². The van der Waals surface area contributed by atoms with Crippen LogP contribution in [0.3, 0.4) is 0 Å². The molecule has 1 saturated heterocycles. The summed E-state index contributed by atoms with van der Waals surface area (Å²) in [5, 5.41) is 19.7. The smallest absolute Gasteiger partial charge is 0.303 e. The lowest BCUT2D eigenvalue weighted by atomic mass is 9.96. The second-order valence-electron chi connectivity index (χ2n) is 5.50. The van der Waals surface area contributed by atoms with Crippen LogP contribution in [-0.4, -0.2) is 28.6 Å². The van der Waals surface area contributed by atoms with Gasteiger partial charge in [0.2, 0.25) is 0 Å². The number of nitro groups is 1. The van der Waals surface area contributed by atoms with Crippen LogP contribution in [0.5, 0.6) is 0 Å². The van der Waals surface area contributed by atoms with Crippen LogP contribution in [0.25, 0.3) is 0 Å². The maximum atomic E-state index is 10.9. The minimum Gasteiger partial charge on any atom is -0.481 e. The second-order valence-corrected chi connectivity index (χ2v) is 5.50. The van der Waals surface area contributed by atoms with E-state index in [0.717, 1.165) is 31.5 Å². The molecule has 2 rings (SSSR count). The lowest BCUT2D eigenvalue weighted by molar-refractivity contribution is -0.385. The van der Waals surface area contributed by atoms with Crippen molar-refractivity contribution in [1.82, 2.24) is 0 Å². The van der Waals surface area contributed by atoms with Gasteiger partial charge in [-0.1, -0.05) is 0 Å². The number of anilines is 1. The van der Waals surface area contributed by atoms with Crippen LogP contribution >= 0.6 is 0 Å². The number of piperidine rings is 1. The van der Waals surface area contributed by atoms with Crippen molar-refractivity contribution in [3.63, 3.8) is 0 Å². The van der Waals surface area contributed by atoms with Gasteiger partial charge in [-0.05, 0) is 44.7 Å². The highest BCUT2D eigenvalue weighted by Crippen LogP contribution is 2.30. The van der Waals surface area contributed by atoms with Gasteiger partial charge in [0.25, 0.3) is 5.69 Å². The summed E-state index contributed by atoms with van der Waals surface area (Å²) in [7, 11) is 0. The Morgan fingerprint density at radius 3 is 2.86 bits per heavy atom. The van der Waals surface area contributed by atoms with Gasteiger partial charge in [0.05, 0.1) is 4.92 Å². The molecule has 0 saturated carbocycles. The van der Waals surface area contributed by atoms with E-state index in [4.69, 9.17) is 5.11 Å². The zero-order valence-electron chi connectivity index (χ0n) is 12.1. The SMILES string of the molecule is Cc1cc(N2CCCCC2CCC(=O)O)ccc1[N+](=O)[O-]. The summed E-state index contributed by atoms with van der Waals surface area (Å²) < 4.78 is 0. The van der Waals surface area contributed by atoms with Crippen molar-refractivity contribution in [1.29, 1.82) is 0 Å². The molecule has 0 aliphatic carbocycles. The Hall–Kier alpha value is -2.11. The van der Waals surface area contributed by atoms with E-state index in [2.05, 4.69) is 4.90 Å². The fourth-order valence-electron chi connectivity index (χ4n) is 2.95. The molecule has 1 unspecified atom stereocenters. The molecule has 1 aliphatic heterocycles. The summed E-state index contributed by atoms with van der Waals surface area (Å²) >= 11 is 0. The highest BCUT2D eigenvalue weighted by atomic mass is 16.6. The summed E-state index contributed by atoms with van der Waals surface area (Å²) in [4.78, 5) is 23.5. The Morgan fingerprint density at radius 1 is 1.48 bits per heavy atom. The van der Waals surface area contributed by atoms with Crippen LogP contribution in [0.15, 0.2) is 18.2 Å². The third kappa shape index (κ3) is 3.71. The van der Waals surface area contributed by atoms with Gasteiger partial charge in [0.15, 0.2) is 0 Å². The van der Waals surface area contributed by atoms with E-state index in [9.17, 15) is 14.9 Å². The van der Waals surface area contributed by atoms with Gasteiger partial charge in [-0.25, -0.2) is 0 Å². The molecule has 1 aromatic rings. The monoisotopic (exact) mass is 292 g/mol. The first-order valence-electron chi connectivity index (χ1n) is 7.22. The lowest BCUT2D eigenvalue weighted by Gasteiger charge is -2.37. The van der Waals surface area contributed by atoms with Gasteiger partial charge in [0, 0.05) is 36.3 Å². The molecule has 0 aromatic heterocycles. The Kier molecular flexibility index (Phi) is 4.77. The van der Waals surface area contributed by atoms with Crippen molar-refractivity contribution >= 4 is 17.3 Å². The van der Waals surface area contributed by atoms with E-state index < -0.39 is 5.97 Å². The number of carboxylic acids is 1. The number of hydrogen-bond donors (Lipinski definition) is 1. The van der Waals surface area contributed by atoms with E-state index in [1.165, 1.54) is 6.07 Å². The van der Waals surface area contributed by atoms with Crippen LogP contribution in [0.4, 0.5) is 11.4 Å². The number of benzene rings is 1. The molecule has 0 bridgehead atoms. The normalized spacial score (nSPS) is 18.5. The first-order chi connectivity index (χ1) is 9.99. The Balaban J connectivity index is 2.18. The molecule has 0 radical (unpaired) electrons. The van der Waals surface area contributed by atoms with Crippen LogP contribution in [0.1, 0.15) is 37.7 Å². The Labute approximate surface area is 123 Å². The molecule has 1 N–H and O–H groups in total. The quantitative estimate of drug-likeness (QED) is 0.666. The maximum Gasteiger partial charge on any atom is 0.303 e. The predicted octanol–water partition coefficient (Wildman–Crippen LogP) is 3.13. The van der Waals surface area contributed by atoms with Crippen molar-refractivity contribution in [3.8, 4) is 0 Å². The summed E-state index contributed by atoms with van der Waals surface area (Å²) in [6, 6.07) is 5.34. The van der Waals surface area contributed by atoms with Crippen LogP contribution in [0.2, 0.25) is 0 Å². The zero-order chi connectivity index (χ0) is 15.4. The minimum absolute atomic E-state index is 0.123. The van der Waals surface area contributed by atoms with Crippen molar-refractivity contribution in [2.24, 2.45) is 0 Å². The van der Waals surface area contributed by atoms with E-state index >= 15 is 0 Å². The number of nitrogens with zero attached hydrogens (tertiary/aromatic N) is 2. The van der Waals surface area contributed by atoms with Crippen LogP contribution in [-0.2, 0) is 4.79 Å². The molecule has 0 spiro atoms.